The first-order chi connectivity index (χ1) is 9.58. The lowest BCUT2D eigenvalue weighted by atomic mass is 10.1. The number of furan rings is 1. The van der Waals surface area contributed by atoms with E-state index in [4.69, 9.17) is 9.52 Å². The molecule has 104 valence electrons. The third-order valence-electron chi connectivity index (χ3n) is 3.86. The van der Waals surface area contributed by atoms with Crippen molar-refractivity contribution in [3.63, 3.8) is 0 Å². The average Bonchev–Trinajstić information content (AvgIpc) is 3.04. The molecule has 1 aliphatic heterocycles. The van der Waals surface area contributed by atoms with Gasteiger partial charge in [0.15, 0.2) is 5.76 Å². The quantitative estimate of drug-likeness (QED) is 0.911. The monoisotopic (exact) mass is 273 g/mol. The third kappa shape index (κ3) is 1.95. The van der Waals surface area contributed by atoms with Crippen LogP contribution in [0.4, 0.5) is 0 Å². The SMILES string of the molecule is Cc1c(C(=O)N2CC[C@@H](C(=O)O)C2)oc2ccccc12. The van der Waals surface area contributed by atoms with Gasteiger partial charge in [0.25, 0.3) is 5.91 Å². The average molecular weight is 273 g/mol. The Kier molecular flexibility index (Phi) is 2.97. The Hall–Kier alpha value is -2.30. The number of carboxylic acids is 1. The highest BCUT2D eigenvalue weighted by Crippen LogP contribution is 2.27. The van der Waals surface area contributed by atoms with E-state index in [2.05, 4.69) is 0 Å². The van der Waals surface area contributed by atoms with Gasteiger partial charge in [0, 0.05) is 24.0 Å². The molecule has 1 aromatic carbocycles. The molecule has 0 radical (unpaired) electrons. The highest BCUT2D eigenvalue weighted by Gasteiger charge is 2.33. The fraction of sp³-hybridized carbons (Fsp3) is 0.333. The summed E-state index contributed by atoms with van der Waals surface area (Å²) in [5.74, 6) is -1.22. The largest absolute Gasteiger partial charge is 0.481 e. The van der Waals surface area contributed by atoms with Crippen molar-refractivity contribution in [1.82, 2.24) is 4.90 Å². The summed E-state index contributed by atoms with van der Waals surface area (Å²) < 4.78 is 5.63. The Balaban J connectivity index is 1.90. The predicted molar refractivity (Wildman–Crippen MR) is 72.6 cm³/mol. The van der Waals surface area contributed by atoms with E-state index in [0.717, 1.165) is 10.9 Å². The number of carbonyl (C=O) groups excluding carboxylic acids is 1. The lowest BCUT2D eigenvalue weighted by Gasteiger charge is -2.14. The van der Waals surface area contributed by atoms with Crippen molar-refractivity contribution in [2.45, 2.75) is 13.3 Å². The Morgan fingerprint density at radius 2 is 2.10 bits per heavy atom. The maximum atomic E-state index is 12.4. The van der Waals surface area contributed by atoms with Crippen LogP contribution in [0.3, 0.4) is 0 Å². The van der Waals surface area contributed by atoms with E-state index >= 15 is 0 Å². The van der Waals surface area contributed by atoms with E-state index in [0.29, 0.717) is 24.3 Å². The molecule has 0 aliphatic carbocycles. The van der Waals surface area contributed by atoms with E-state index in [1.54, 1.807) is 4.90 Å². The number of aliphatic carboxylic acids is 1. The molecule has 1 aliphatic rings. The Labute approximate surface area is 115 Å². The Morgan fingerprint density at radius 3 is 2.75 bits per heavy atom. The number of nitrogens with zero attached hydrogens (tertiary/aromatic N) is 1. The highest BCUT2D eigenvalue weighted by atomic mass is 16.4. The summed E-state index contributed by atoms with van der Waals surface area (Å²) in [5, 5.41) is 9.91. The molecule has 1 fully saturated rings. The van der Waals surface area contributed by atoms with Gasteiger partial charge in [-0.25, -0.2) is 0 Å². The summed E-state index contributed by atoms with van der Waals surface area (Å²) >= 11 is 0. The second-order valence-electron chi connectivity index (χ2n) is 5.13. The van der Waals surface area contributed by atoms with Gasteiger partial charge >= 0.3 is 5.97 Å². The fourth-order valence-corrected chi connectivity index (χ4v) is 2.67. The number of rotatable bonds is 2. The number of carbonyl (C=O) groups is 2. The van der Waals surface area contributed by atoms with E-state index < -0.39 is 11.9 Å². The number of likely N-dealkylation sites (tertiary alicyclic amines) is 1. The van der Waals surface area contributed by atoms with Crippen molar-refractivity contribution in [3.05, 3.63) is 35.6 Å². The lowest BCUT2D eigenvalue weighted by Crippen LogP contribution is -2.30. The molecule has 5 heteroatoms. The molecule has 1 aromatic heterocycles. The maximum absolute atomic E-state index is 12.4. The van der Waals surface area contributed by atoms with Gasteiger partial charge in [-0.1, -0.05) is 18.2 Å². The second kappa shape index (κ2) is 4.67. The molecule has 1 saturated heterocycles. The molecule has 1 amide bonds. The number of fused-ring (bicyclic) bond motifs is 1. The minimum absolute atomic E-state index is 0.220. The number of para-hydroxylation sites is 1. The first-order valence-corrected chi connectivity index (χ1v) is 6.58. The second-order valence-corrected chi connectivity index (χ2v) is 5.13. The first kappa shape index (κ1) is 12.7. The van der Waals surface area contributed by atoms with Gasteiger partial charge in [-0.05, 0) is 19.4 Å². The minimum atomic E-state index is -0.846. The molecular weight excluding hydrogens is 258 g/mol. The van der Waals surface area contributed by atoms with Crippen LogP contribution < -0.4 is 0 Å². The van der Waals surface area contributed by atoms with Crippen LogP contribution in [0.25, 0.3) is 11.0 Å². The van der Waals surface area contributed by atoms with Crippen molar-refractivity contribution in [3.8, 4) is 0 Å². The van der Waals surface area contributed by atoms with E-state index in [-0.39, 0.29) is 12.5 Å². The standard InChI is InChI=1S/C15H15NO4/c1-9-11-4-2-3-5-12(11)20-13(9)14(17)16-7-6-10(8-16)15(18)19/h2-5,10H,6-8H2,1H3,(H,18,19)/t10-/m1/s1. The summed E-state index contributed by atoms with van der Waals surface area (Å²) in [6.45, 7) is 2.57. The van der Waals surface area contributed by atoms with Crippen molar-refractivity contribution in [2.24, 2.45) is 5.92 Å². The van der Waals surface area contributed by atoms with Crippen molar-refractivity contribution < 1.29 is 19.1 Å². The summed E-state index contributed by atoms with van der Waals surface area (Å²) in [5.41, 5.74) is 1.49. The van der Waals surface area contributed by atoms with Gasteiger partial charge in [0.2, 0.25) is 0 Å². The molecule has 1 N–H and O–H groups in total. The van der Waals surface area contributed by atoms with Crippen LogP contribution in [0.15, 0.2) is 28.7 Å². The molecule has 0 spiro atoms. The van der Waals surface area contributed by atoms with Crippen LogP contribution in [0, 0.1) is 12.8 Å². The number of benzene rings is 1. The summed E-state index contributed by atoms with van der Waals surface area (Å²) in [6.07, 6.45) is 0.500. The van der Waals surface area contributed by atoms with Crippen molar-refractivity contribution in [1.29, 1.82) is 0 Å². The fourth-order valence-electron chi connectivity index (χ4n) is 2.67. The topological polar surface area (TPSA) is 70.8 Å². The first-order valence-electron chi connectivity index (χ1n) is 6.58. The van der Waals surface area contributed by atoms with Crippen molar-refractivity contribution in [2.75, 3.05) is 13.1 Å². The molecule has 2 heterocycles. The summed E-state index contributed by atoms with van der Waals surface area (Å²) in [7, 11) is 0. The van der Waals surface area contributed by atoms with Gasteiger partial charge in [-0.15, -0.1) is 0 Å². The number of amides is 1. The van der Waals surface area contributed by atoms with Gasteiger partial charge in [0.05, 0.1) is 5.92 Å². The van der Waals surface area contributed by atoms with E-state index in [1.165, 1.54) is 0 Å². The number of hydrogen-bond donors (Lipinski definition) is 1. The van der Waals surface area contributed by atoms with Crippen molar-refractivity contribution >= 4 is 22.8 Å². The molecule has 0 unspecified atom stereocenters. The molecule has 2 aromatic rings. The Morgan fingerprint density at radius 1 is 1.35 bits per heavy atom. The Bertz CT molecular complexity index is 688. The molecular formula is C15H15NO4. The van der Waals surface area contributed by atoms with Crippen LogP contribution in [0.1, 0.15) is 22.5 Å². The van der Waals surface area contributed by atoms with Crippen LogP contribution in [0.2, 0.25) is 0 Å². The lowest BCUT2D eigenvalue weighted by molar-refractivity contribution is -0.141. The number of hydrogen-bond acceptors (Lipinski definition) is 3. The van der Waals surface area contributed by atoms with Crippen LogP contribution in [-0.2, 0) is 4.79 Å². The van der Waals surface area contributed by atoms with Crippen LogP contribution in [-0.4, -0.2) is 35.0 Å². The third-order valence-corrected chi connectivity index (χ3v) is 3.86. The van der Waals surface area contributed by atoms with E-state index in [9.17, 15) is 9.59 Å². The molecule has 5 nitrogen and oxygen atoms in total. The zero-order chi connectivity index (χ0) is 14.3. The summed E-state index contributed by atoms with van der Waals surface area (Å²) in [6, 6.07) is 7.49. The molecule has 1 atom stereocenters. The van der Waals surface area contributed by atoms with Gasteiger partial charge in [0.1, 0.15) is 5.58 Å². The molecule has 20 heavy (non-hydrogen) atoms. The summed E-state index contributed by atoms with van der Waals surface area (Å²) in [4.78, 5) is 25.0. The zero-order valence-corrected chi connectivity index (χ0v) is 11.1. The molecule has 3 rings (SSSR count). The van der Waals surface area contributed by atoms with Gasteiger partial charge in [-0.3, -0.25) is 9.59 Å². The number of aryl methyl sites for hydroxylation is 1. The van der Waals surface area contributed by atoms with Crippen LogP contribution in [0.5, 0.6) is 0 Å². The normalized spacial score (nSPS) is 18.6. The zero-order valence-electron chi connectivity index (χ0n) is 11.1. The van der Waals surface area contributed by atoms with Crippen LogP contribution >= 0.6 is 0 Å². The maximum Gasteiger partial charge on any atom is 0.308 e. The van der Waals surface area contributed by atoms with E-state index in [1.807, 2.05) is 31.2 Å². The molecule has 0 bridgehead atoms. The molecule has 0 saturated carbocycles. The van der Waals surface area contributed by atoms with Gasteiger partial charge in [-0.2, -0.15) is 0 Å². The smallest absolute Gasteiger partial charge is 0.308 e. The predicted octanol–water partition coefficient (Wildman–Crippen LogP) is 2.29. The minimum Gasteiger partial charge on any atom is -0.481 e. The highest BCUT2D eigenvalue weighted by molar-refractivity contribution is 5.99. The van der Waals surface area contributed by atoms with Gasteiger partial charge < -0.3 is 14.4 Å². The number of carboxylic acid groups (broad SMARTS) is 1.